The molecule has 1 aromatic carbocycles. The van der Waals surface area contributed by atoms with E-state index in [1.54, 1.807) is 18.2 Å². The van der Waals surface area contributed by atoms with Crippen LogP contribution in [0.4, 0.5) is 0 Å². The lowest BCUT2D eigenvalue weighted by molar-refractivity contribution is 1.60. The van der Waals surface area contributed by atoms with Crippen molar-refractivity contribution in [2.75, 3.05) is 0 Å². The summed E-state index contributed by atoms with van der Waals surface area (Å²) >= 11 is 2.02. The van der Waals surface area contributed by atoms with Crippen LogP contribution in [0.5, 0.6) is 0 Å². The van der Waals surface area contributed by atoms with E-state index in [4.69, 9.17) is 0 Å². The van der Waals surface area contributed by atoms with Crippen molar-refractivity contribution in [2.24, 2.45) is 0 Å². The average molecular weight is 232 g/mol. The van der Waals surface area contributed by atoms with Gasteiger partial charge in [-0.1, -0.05) is 18.2 Å². The monoisotopic (exact) mass is 232 g/mol. The van der Waals surface area contributed by atoms with Crippen LogP contribution in [-0.2, 0) is 0 Å². The lowest BCUT2D eigenvalue weighted by Gasteiger charge is -1.71. The molecule has 0 radical (unpaired) electrons. The van der Waals surface area contributed by atoms with Crippen molar-refractivity contribution in [1.82, 2.24) is 0 Å². The van der Waals surface area contributed by atoms with Crippen LogP contribution < -0.4 is 5.43 Å². The standard InChI is InChI=1S/C7H5IO/c8-6-4-2-1-3-5-7(6)9/h1-5H. The Hall–Kier alpha value is -0.380. The molecule has 0 unspecified atom stereocenters. The van der Waals surface area contributed by atoms with Crippen LogP contribution in [0.15, 0.2) is 35.1 Å². The fraction of sp³-hybridized carbons (Fsp3) is 0. The number of rotatable bonds is 0. The van der Waals surface area contributed by atoms with E-state index >= 15 is 0 Å². The number of hydrogen-bond donors (Lipinski definition) is 0. The molecule has 0 spiro atoms. The van der Waals surface area contributed by atoms with Gasteiger partial charge in [-0.05, 0) is 34.7 Å². The summed E-state index contributed by atoms with van der Waals surface area (Å²) in [6, 6.07) is 8.78. The molecule has 0 N–H and O–H groups in total. The smallest absolute Gasteiger partial charge is 0.191 e. The predicted octanol–water partition coefficient (Wildman–Crippen LogP) is 1.65. The number of halogens is 1. The van der Waals surface area contributed by atoms with Gasteiger partial charge in [-0.25, -0.2) is 0 Å². The first-order valence-electron chi connectivity index (χ1n) is 2.55. The molecule has 1 rings (SSSR count). The van der Waals surface area contributed by atoms with Gasteiger partial charge in [0, 0.05) is 0 Å². The van der Waals surface area contributed by atoms with Crippen LogP contribution in [-0.4, -0.2) is 0 Å². The van der Waals surface area contributed by atoms with Crippen molar-refractivity contribution in [3.63, 3.8) is 0 Å². The van der Waals surface area contributed by atoms with Crippen LogP contribution in [0, 0.1) is 3.57 Å². The SMILES string of the molecule is O=c1cccccc1I. The maximum Gasteiger partial charge on any atom is 0.191 e. The Morgan fingerprint density at radius 1 is 1.11 bits per heavy atom. The van der Waals surface area contributed by atoms with E-state index in [1.165, 1.54) is 0 Å². The molecule has 0 aliphatic rings. The Labute approximate surface area is 66.9 Å². The lowest BCUT2D eigenvalue weighted by Crippen LogP contribution is -1.96. The first kappa shape index (κ1) is 6.74. The molecule has 0 saturated heterocycles. The molecule has 0 aromatic heterocycles. The molecule has 9 heavy (non-hydrogen) atoms. The van der Waals surface area contributed by atoms with Crippen LogP contribution in [0.2, 0.25) is 0 Å². The van der Waals surface area contributed by atoms with Crippen molar-refractivity contribution in [3.05, 3.63) is 44.1 Å². The van der Waals surface area contributed by atoms with Crippen molar-refractivity contribution in [3.8, 4) is 0 Å². The van der Waals surface area contributed by atoms with E-state index < -0.39 is 0 Å². The molecule has 0 atom stereocenters. The highest BCUT2D eigenvalue weighted by atomic mass is 127. The minimum absolute atomic E-state index is 0.0839. The van der Waals surface area contributed by atoms with Crippen molar-refractivity contribution in [2.45, 2.75) is 0 Å². The quantitative estimate of drug-likeness (QED) is 0.621. The number of hydrogen-bond acceptors (Lipinski definition) is 1. The molecule has 1 aromatic rings. The van der Waals surface area contributed by atoms with Gasteiger partial charge in [0.05, 0.1) is 3.57 Å². The van der Waals surface area contributed by atoms with Gasteiger partial charge in [0.15, 0.2) is 5.43 Å². The lowest BCUT2D eigenvalue weighted by atomic mass is 10.5. The summed E-state index contributed by atoms with van der Waals surface area (Å²) in [5, 5.41) is 0. The molecule has 1 nitrogen and oxygen atoms in total. The molecule has 0 bridgehead atoms. The van der Waals surface area contributed by atoms with Crippen molar-refractivity contribution >= 4 is 22.6 Å². The molecule has 0 saturated carbocycles. The van der Waals surface area contributed by atoms with Gasteiger partial charge in [-0.15, -0.1) is 0 Å². The Morgan fingerprint density at radius 2 is 1.78 bits per heavy atom. The van der Waals surface area contributed by atoms with E-state index in [1.807, 2.05) is 34.7 Å². The van der Waals surface area contributed by atoms with E-state index in [9.17, 15) is 4.79 Å². The molecular formula is C7H5IO. The second-order valence-electron chi connectivity index (χ2n) is 1.62. The highest BCUT2D eigenvalue weighted by molar-refractivity contribution is 14.1. The van der Waals surface area contributed by atoms with E-state index in [0.717, 1.165) is 3.57 Å². The minimum Gasteiger partial charge on any atom is -0.289 e. The minimum atomic E-state index is 0.0839. The van der Waals surface area contributed by atoms with E-state index in [2.05, 4.69) is 0 Å². The van der Waals surface area contributed by atoms with Crippen LogP contribution in [0.3, 0.4) is 0 Å². The highest BCUT2D eigenvalue weighted by Gasteiger charge is 1.84. The topological polar surface area (TPSA) is 17.1 Å². The van der Waals surface area contributed by atoms with Gasteiger partial charge in [-0.2, -0.15) is 0 Å². The summed E-state index contributed by atoms with van der Waals surface area (Å²) in [4.78, 5) is 10.8. The van der Waals surface area contributed by atoms with Gasteiger partial charge in [0.1, 0.15) is 0 Å². The van der Waals surface area contributed by atoms with Gasteiger partial charge in [-0.3, -0.25) is 4.79 Å². The van der Waals surface area contributed by atoms with Crippen molar-refractivity contribution < 1.29 is 0 Å². The zero-order valence-electron chi connectivity index (χ0n) is 4.67. The Morgan fingerprint density at radius 3 is 2.56 bits per heavy atom. The Balaban J connectivity index is 3.42. The summed E-state index contributed by atoms with van der Waals surface area (Å²) in [5.41, 5.74) is 0.0839. The maximum atomic E-state index is 10.8. The van der Waals surface area contributed by atoms with E-state index in [-0.39, 0.29) is 5.43 Å². The summed E-state index contributed by atoms with van der Waals surface area (Å²) in [5.74, 6) is 0. The molecule has 0 aliphatic heterocycles. The summed E-state index contributed by atoms with van der Waals surface area (Å²) in [6.07, 6.45) is 0. The largest absolute Gasteiger partial charge is 0.289 e. The van der Waals surface area contributed by atoms with Gasteiger partial charge < -0.3 is 0 Å². The molecule has 0 amide bonds. The van der Waals surface area contributed by atoms with Gasteiger partial charge in [0.25, 0.3) is 0 Å². The average Bonchev–Trinajstić information content (AvgIpc) is 1.99. The zero-order valence-corrected chi connectivity index (χ0v) is 6.83. The Bertz CT molecular complexity index is 257. The van der Waals surface area contributed by atoms with E-state index in [0.29, 0.717) is 0 Å². The summed E-state index contributed by atoms with van der Waals surface area (Å²) in [6.45, 7) is 0. The molecule has 0 fully saturated rings. The summed E-state index contributed by atoms with van der Waals surface area (Å²) < 4.78 is 0.762. The Kier molecular flexibility index (Phi) is 2.22. The highest BCUT2D eigenvalue weighted by Crippen LogP contribution is 1.92. The second-order valence-corrected chi connectivity index (χ2v) is 2.79. The third-order valence-corrected chi connectivity index (χ3v) is 1.84. The molecule has 46 valence electrons. The van der Waals surface area contributed by atoms with Crippen LogP contribution in [0.1, 0.15) is 0 Å². The maximum absolute atomic E-state index is 10.8. The first-order valence-corrected chi connectivity index (χ1v) is 3.63. The summed E-state index contributed by atoms with van der Waals surface area (Å²) in [7, 11) is 0. The molecule has 2 heteroatoms. The fourth-order valence-corrected chi connectivity index (χ4v) is 0.896. The van der Waals surface area contributed by atoms with Gasteiger partial charge >= 0.3 is 0 Å². The first-order chi connectivity index (χ1) is 4.30. The normalized spacial score (nSPS) is 9.00. The molecule has 0 aliphatic carbocycles. The van der Waals surface area contributed by atoms with Crippen molar-refractivity contribution in [1.29, 1.82) is 0 Å². The molecular weight excluding hydrogens is 227 g/mol. The third kappa shape index (κ3) is 1.78. The van der Waals surface area contributed by atoms with Crippen LogP contribution in [0.25, 0.3) is 0 Å². The fourth-order valence-electron chi connectivity index (χ4n) is 0.509. The molecule has 0 heterocycles. The third-order valence-electron chi connectivity index (χ3n) is 0.948. The van der Waals surface area contributed by atoms with Crippen LogP contribution >= 0.6 is 22.6 Å². The second kappa shape index (κ2) is 2.96. The predicted molar refractivity (Wildman–Crippen MR) is 45.4 cm³/mol. The van der Waals surface area contributed by atoms with Gasteiger partial charge in [0.2, 0.25) is 0 Å². The zero-order chi connectivity index (χ0) is 6.69.